The molecular formula is C68H163N9O6. The highest BCUT2D eigenvalue weighted by molar-refractivity contribution is 4.57. The number of unbranched alkanes of at least 4 members (excludes halogenated alkanes) is 19. The van der Waals surface area contributed by atoms with Gasteiger partial charge in [0.15, 0.2) is 0 Å². The fourth-order valence-corrected chi connectivity index (χ4v) is 7.10. The van der Waals surface area contributed by atoms with E-state index in [1.807, 2.05) is 6.92 Å². The van der Waals surface area contributed by atoms with Gasteiger partial charge in [0, 0.05) is 80.2 Å². The molecule has 0 amide bonds. The van der Waals surface area contributed by atoms with E-state index in [1.54, 1.807) is 14.2 Å². The Balaban J connectivity index is -0.000000113. The van der Waals surface area contributed by atoms with Gasteiger partial charge in [-0.25, -0.2) is 0 Å². The number of ether oxygens (including phenoxy) is 6. The van der Waals surface area contributed by atoms with Crippen LogP contribution in [0.3, 0.4) is 0 Å². The summed E-state index contributed by atoms with van der Waals surface area (Å²) in [5.41, 5.74) is 47.3. The quantitative estimate of drug-likeness (QED) is 0.0256. The molecule has 2 unspecified atom stereocenters. The first kappa shape index (κ1) is 101. The van der Waals surface area contributed by atoms with Gasteiger partial charge in [0.25, 0.3) is 0 Å². The van der Waals surface area contributed by atoms with Crippen molar-refractivity contribution in [1.29, 1.82) is 0 Å². The zero-order valence-electron chi connectivity index (χ0n) is 58.9. The Bertz CT molecular complexity index is 849. The van der Waals surface area contributed by atoms with E-state index in [-0.39, 0.29) is 0 Å². The lowest BCUT2D eigenvalue weighted by Crippen LogP contribution is -2.12. The molecule has 2 atom stereocenters. The van der Waals surface area contributed by atoms with Gasteiger partial charge in [-0.1, -0.05) is 210 Å². The Morgan fingerprint density at radius 1 is 0.265 bits per heavy atom. The van der Waals surface area contributed by atoms with Crippen LogP contribution in [0.2, 0.25) is 0 Å². The average molecular weight is 1200 g/mol. The largest absolute Gasteiger partial charge is 0.385 e. The van der Waals surface area contributed by atoms with E-state index in [0.29, 0.717) is 13.2 Å². The van der Waals surface area contributed by atoms with E-state index in [1.165, 1.54) is 180 Å². The van der Waals surface area contributed by atoms with Crippen molar-refractivity contribution in [2.45, 2.75) is 288 Å². The van der Waals surface area contributed by atoms with Crippen LogP contribution >= 0.6 is 0 Å². The highest BCUT2D eigenvalue weighted by Gasteiger charge is 2.05. The summed E-state index contributed by atoms with van der Waals surface area (Å²) in [6, 6.07) is 0. The lowest BCUT2D eigenvalue weighted by molar-refractivity contribution is 0.0933. The summed E-state index contributed by atoms with van der Waals surface area (Å²) in [6.07, 6.45) is 44.0. The lowest BCUT2D eigenvalue weighted by Gasteiger charge is -2.14. The zero-order chi connectivity index (χ0) is 64.5. The molecule has 516 valence electrons. The lowest BCUT2D eigenvalue weighted by atomic mass is 10.00. The standard InChI is InChI=1S/C21H45NO.C11H25NO.C8H19N.C7H17NO.C5H13NO.C5H13N.C4H11NO.C4H11N.C3H9NO/c1-2-3-4-5-6-7-8-9-10-11-12-13-14-15-16-17-20-23-21-18-19-22;1-3-5-7-11(4-2)10-13-9-6-8-12;1-3-5-6-8(4-2)7-9;1-2-3-6-9-7-4-5-8;1-2-7-5-3-4-6;1-5(2)3-4-6;1-6-4-2-3-5;1-2-3-4-5;1-5-3-2-4/h2-22H2,1H3;11H,3-10,12H2,1-2H3;8H,3-7,9H2,1-2H3;2-8H2,1H3;2-6H2,1H3;5H,3-4,6H2,1-2H3;2-5H2,1H3;2-5H2,1H3;2-4H2,1H3. The van der Waals surface area contributed by atoms with Crippen LogP contribution in [0.15, 0.2) is 0 Å². The SMILES string of the molecule is CC(C)CCN.CCCCC(CC)CN.CCCCC(CC)COCCCN.CCCCCCCCCCCCCCCCCCOCCCN.CCCCN.CCCCOCCCN.CCOCCCN.COCCCN.COCCN. The van der Waals surface area contributed by atoms with Gasteiger partial charge < -0.3 is 80.0 Å². The molecule has 0 fully saturated rings. The number of rotatable bonds is 53. The third kappa shape index (κ3) is 145. The smallest absolute Gasteiger partial charge is 0.0584 e. The molecular weight excluding hydrogens is 1040 g/mol. The monoisotopic (exact) mass is 1200 g/mol. The van der Waals surface area contributed by atoms with Crippen molar-refractivity contribution in [3.8, 4) is 0 Å². The molecule has 0 radical (unpaired) electrons. The third-order valence-corrected chi connectivity index (χ3v) is 12.9. The molecule has 0 aliphatic heterocycles. The number of nitrogens with two attached hydrogens (primary N) is 9. The number of hydrogen-bond acceptors (Lipinski definition) is 15. The molecule has 83 heavy (non-hydrogen) atoms. The van der Waals surface area contributed by atoms with Crippen LogP contribution in [0.5, 0.6) is 0 Å². The van der Waals surface area contributed by atoms with E-state index >= 15 is 0 Å². The molecule has 0 heterocycles. The molecule has 0 spiro atoms. The van der Waals surface area contributed by atoms with Gasteiger partial charge in [0.2, 0.25) is 0 Å². The predicted octanol–water partition coefficient (Wildman–Crippen LogP) is 14.2. The van der Waals surface area contributed by atoms with Gasteiger partial charge in [-0.05, 0) is 148 Å². The van der Waals surface area contributed by atoms with Crippen molar-refractivity contribution in [2.24, 2.45) is 69.4 Å². The van der Waals surface area contributed by atoms with Gasteiger partial charge in [-0.3, -0.25) is 0 Å². The third-order valence-electron chi connectivity index (χ3n) is 12.9. The van der Waals surface area contributed by atoms with Crippen molar-refractivity contribution in [2.75, 3.05) is 139 Å². The van der Waals surface area contributed by atoms with Crippen LogP contribution < -0.4 is 51.6 Å². The Morgan fingerprint density at radius 3 is 0.855 bits per heavy atom. The molecule has 0 saturated heterocycles. The molecule has 15 heteroatoms. The summed E-state index contributed by atoms with van der Waals surface area (Å²) < 4.78 is 30.6. The molecule has 0 aliphatic carbocycles. The summed E-state index contributed by atoms with van der Waals surface area (Å²) in [4.78, 5) is 0. The molecule has 15 nitrogen and oxygen atoms in total. The highest BCUT2D eigenvalue weighted by Crippen LogP contribution is 2.15. The normalized spacial score (nSPS) is 10.9. The fraction of sp³-hybridized carbons (Fsp3) is 1.00. The number of methoxy groups -OCH3 is 2. The van der Waals surface area contributed by atoms with E-state index in [0.717, 1.165) is 168 Å². The second-order valence-corrected chi connectivity index (χ2v) is 21.8. The second kappa shape index (κ2) is 116. The first-order valence-corrected chi connectivity index (χ1v) is 35.0. The van der Waals surface area contributed by atoms with Crippen molar-refractivity contribution in [1.82, 2.24) is 0 Å². The van der Waals surface area contributed by atoms with Gasteiger partial charge in [-0.2, -0.15) is 0 Å². The molecule has 0 saturated carbocycles. The minimum absolute atomic E-state index is 0.622. The molecule has 0 aromatic rings. The molecule has 18 N–H and O–H groups in total. The maximum Gasteiger partial charge on any atom is 0.0584 e. The second-order valence-electron chi connectivity index (χ2n) is 21.8. The van der Waals surface area contributed by atoms with E-state index in [4.69, 9.17) is 75.3 Å². The highest BCUT2D eigenvalue weighted by atomic mass is 16.5. The summed E-state index contributed by atoms with van der Waals surface area (Å²) >= 11 is 0. The van der Waals surface area contributed by atoms with Crippen molar-refractivity contribution < 1.29 is 28.4 Å². The molecule has 0 aliphatic rings. The van der Waals surface area contributed by atoms with Crippen LogP contribution in [-0.4, -0.2) is 139 Å². The summed E-state index contributed by atoms with van der Waals surface area (Å²) in [5, 5.41) is 0. The molecule has 0 aromatic heterocycles. The van der Waals surface area contributed by atoms with Gasteiger partial charge in [0.1, 0.15) is 0 Å². The summed E-state index contributed by atoms with van der Waals surface area (Å²) in [5.74, 6) is 2.32. The Labute approximate surface area is 522 Å². The Morgan fingerprint density at radius 2 is 0.590 bits per heavy atom. The van der Waals surface area contributed by atoms with Gasteiger partial charge in [0.05, 0.1) is 6.61 Å². The average Bonchev–Trinajstić information content (AvgIpc) is 3.49. The maximum atomic E-state index is 5.54. The Hall–Kier alpha value is -0.600. The topological polar surface area (TPSA) is 290 Å². The predicted molar refractivity (Wildman–Crippen MR) is 373 cm³/mol. The minimum atomic E-state index is 0.622. The van der Waals surface area contributed by atoms with Crippen LogP contribution in [0.25, 0.3) is 0 Å². The Kier molecular flexibility index (Phi) is 141. The maximum absolute atomic E-state index is 5.54. The summed E-state index contributed by atoms with van der Waals surface area (Å²) in [7, 11) is 3.31. The molecule has 0 aromatic carbocycles. The van der Waals surface area contributed by atoms with Gasteiger partial charge in [-0.15, -0.1) is 0 Å². The first-order valence-electron chi connectivity index (χ1n) is 35.0. The van der Waals surface area contributed by atoms with E-state index in [9.17, 15) is 0 Å². The van der Waals surface area contributed by atoms with Crippen LogP contribution in [0, 0.1) is 17.8 Å². The van der Waals surface area contributed by atoms with E-state index in [2.05, 4.69) is 67.1 Å². The summed E-state index contributed by atoms with van der Waals surface area (Å²) in [6.45, 7) is 37.0. The molecule has 0 rings (SSSR count). The van der Waals surface area contributed by atoms with Crippen LogP contribution in [0.1, 0.15) is 288 Å². The molecule has 0 bridgehead atoms. The fourth-order valence-electron chi connectivity index (χ4n) is 7.10. The number of hydrogen-bond donors (Lipinski definition) is 9. The van der Waals surface area contributed by atoms with Crippen molar-refractivity contribution in [3.63, 3.8) is 0 Å². The van der Waals surface area contributed by atoms with E-state index < -0.39 is 0 Å². The van der Waals surface area contributed by atoms with Crippen LogP contribution in [-0.2, 0) is 28.4 Å². The van der Waals surface area contributed by atoms with Crippen molar-refractivity contribution in [3.05, 3.63) is 0 Å². The van der Waals surface area contributed by atoms with Crippen LogP contribution in [0.4, 0.5) is 0 Å². The first-order chi connectivity index (χ1) is 40.4. The minimum Gasteiger partial charge on any atom is -0.385 e. The van der Waals surface area contributed by atoms with Gasteiger partial charge >= 0.3 is 0 Å². The zero-order valence-corrected chi connectivity index (χ0v) is 58.9. The van der Waals surface area contributed by atoms with Crippen molar-refractivity contribution >= 4 is 0 Å².